The van der Waals surface area contributed by atoms with Gasteiger partial charge in [0.25, 0.3) is 5.84 Å². The number of carbonyl (C=O) groups is 1. The molecule has 0 saturated carbocycles. The van der Waals surface area contributed by atoms with E-state index in [-0.39, 0.29) is 11.7 Å². The van der Waals surface area contributed by atoms with Crippen LogP contribution < -0.4 is 20.8 Å². The van der Waals surface area contributed by atoms with E-state index in [9.17, 15) is 9.18 Å². The minimum atomic E-state index is -0.325. The number of ether oxygens (including phenoxy) is 1. The predicted molar refractivity (Wildman–Crippen MR) is 155 cm³/mol. The van der Waals surface area contributed by atoms with Crippen LogP contribution in [0.25, 0.3) is 21.9 Å². The zero-order valence-electron chi connectivity index (χ0n) is 22.7. The first-order valence-corrected chi connectivity index (χ1v) is 13.6. The first-order chi connectivity index (χ1) is 19.5. The van der Waals surface area contributed by atoms with Gasteiger partial charge in [0.05, 0.1) is 24.5 Å². The van der Waals surface area contributed by atoms with Crippen LogP contribution in [0.1, 0.15) is 24.8 Å². The molecule has 4 N–H and O–H groups in total. The maximum atomic E-state index is 14.1. The monoisotopic (exact) mass is 544 g/mol. The zero-order chi connectivity index (χ0) is 27.9. The number of rotatable bonds is 11. The van der Waals surface area contributed by atoms with E-state index in [1.165, 1.54) is 44.1 Å². The molecule has 5 rings (SSSR count). The summed E-state index contributed by atoms with van der Waals surface area (Å²) in [6, 6.07) is 8.43. The number of amides is 1. The number of benzene rings is 1. The minimum Gasteiger partial charge on any atom is -0.495 e. The van der Waals surface area contributed by atoms with Gasteiger partial charge in [0.2, 0.25) is 5.91 Å². The number of anilines is 1. The summed E-state index contributed by atoms with van der Waals surface area (Å²) in [5.41, 5.74) is 4.08. The second-order valence-corrected chi connectivity index (χ2v) is 9.92. The van der Waals surface area contributed by atoms with Crippen LogP contribution in [0.4, 0.5) is 10.1 Å². The lowest BCUT2D eigenvalue weighted by Crippen LogP contribution is -2.43. The standard InChI is InChI=1S/C30H34FN7O2/c1-40-23-18-26-30(36-19-23)25(10-11-33-26)34-12-13-35-29(39)9-8-28(32)38-20-21(5-4-16-37-14-2-3-15-37)24-7-6-22(31)17-27(24)38/h6-11,17-20,32H,2-5,12-16H2,1H3,(H,33,34)(H,35,39)/p+1/b9-8-,32-28?. The van der Waals surface area contributed by atoms with E-state index in [0.717, 1.165) is 47.1 Å². The molecule has 10 heteroatoms. The molecule has 0 unspecified atom stereocenters. The van der Waals surface area contributed by atoms with E-state index in [4.69, 9.17) is 10.1 Å². The molecule has 0 bridgehead atoms. The van der Waals surface area contributed by atoms with E-state index in [2.05, 4.69) is 25.5 Å². The maximum absolute atomic E-state index is 14.1. The topological polar surface area (TPSA) is 110 Å². The molecule has 1 aliphatic rings. The highest BCUT2D eigenvalue weighted by atomic mass is 19.1. The smallest absolute Gasteiger partial charge is 0.277 e. The normalized spacial score (nSPS) is 13.8. The molecule has 0 aliphatic carbocycles. The first kappa shape index (κ1) is 27.3. The number of likely N-dealkylation sites (tertiary alicyclic amines) is 1. The molecule has 0 spiro atoms. The fraction of sp³-hybridized carbons (Fsp3) is 0.333. The summed E-state index contributed by atoms with van der Waals surface area (Å²) in [5, 5.41) is 13.5. The van der Waals surface area contributed by atoms with Gasteiger partial charge in [-0.15, -0.1) is 0 Å². The number of allylic oxidation sites excluding steroid dienone is 1. The van der Waals surface area contributed by atoms with Crippen molar-refractivity contribution in [3.8, 4) is 5.75 Å². The lowest BCUT2D eigenvalue weighted by Gasteiger charge is -2.13. The Labute approximate surface area is 232 Å². The number of fused-ring (bicyclic) bond motifs is 2. The second kappa shape index (κ2) is 12.7. The Morgan fingerprint density at radius 1 is 1.15 bits per heavy atom. The number of hydrogen-bond acceptors (Lipinski definition) is 6. The molecule has 1 aromatic carbocycles. The molecular formula is C30H35FN7O2+. The third-order valence-corrected chi connectivity index (χ3v) is 7.18. The molecule has 4 heterocycles. The summed E-state index contributed by atoms with van der Waals surface area (Å²) in [6.45, 7) is 4.29. The van der Waals surface area contributed by atoms with E-state index in [1.54, 1.807) is 36.2 Å². The van der Waals surface area contributed by atoms with Crippen molar-refractivity contribution in [1.29, 1.82) is 0 Å². The van der Waals surface area contributed by atoms with Gasteiger partial charge < -0.3 is 20.3 Å². The Morgan fingerprint density at radius 3 is 2.83 bits per heavy atom. The van der Waals surface area contributed by atoms with Gasteiger partial charge >= 0.3 is 0 Å². The molecule has 208 valence electrons. The average Bonchev–Trinajstić information content (AvgIpc) is 3.61. The number of pyridine rings is 2. The molecule has 1 amide bonds. The predicted octanol–water partition coefficient (Wildman–Crippen LogP) is 2.55. The van der Waals surface area contributed by atoms with Gasteiger partial charge in [0.1, 0.15) is 28.8 Å². The highest BCUT2D eigenvalue weighted by molar-refractivity contribution is 6.02. The van der Waals surface area contributed by atoms with Gasteiger partial charge in [0, 0.05) is 54.5 Å². The van der Waals surface area contributed by atoms with Crippen LogP contribution in [0.2, 0.25) is 0 Å². The molecule has 4 aromatic rings. The lowest BCUT2D eigenvalue weighted by atomic mass is 10.1. The Balaban J connectivity index is 1.16. The third kappa shape index (κ3) is 6.45. The number of nitrogens with two attached hydrogens (primary N) is 1. The summed E-state index contributed by atoms with van der Waals surface area (Å²) in [4.78, 5) is 23.7. The molecule has 9 nitrogen and oxygen atoms in total. The quantitative estimate of drug-likeness (QED) is 0.116. The molecule has 1 aliphatic heterocycles. The molecule has 3 aromatic heterocycles. The van der Waals surface area contributed by atoms with Crippen LogP contribution >= 0.6 is 0 Å². The number of aryl methyl sites for hydroxylation is 1. The van der Waals surface area contributed by atoms with Crippen LogP contribution in [0.15, 0.2) is 61.1 Å². The van der Waals surface area contributed by atoms with Gasteiger partial charge in [0.15, 0.2) is 0 Å². The number of methoxy groups -OCH3 is 1. The van der Waals surface area contributed by atoms with Crippen molar-refractivity contribution in [3.63, 3.8) is 0 Å². The first-order valence-electron chi connectivity index (χ1n) is 13.6. The summed E-state index contributed by atoms with van der Waals surface area (Å²) < 4.78 is 21.1. The SMILES string of the molecule is COc1cnc2c(NCCNC(=O)/C=C\C(=[NH2+])n3cc(CCCN4CCCC4)c4ccc(F)cc43)ccnc2c1. The second-order valence-electron chi connectivity index (χ2n) is 9.92. The summed E-state index contributed by atoms with van der Waals surface area (Å²) in [7, 11) is 1.59. The Morgan fingerprint density at radius 2 is 2.00 bits per heavy atom. The van der Waals surface area contributed by atoms with Crippen LogP contribution in [0, 0.1) is 5.82 Å². The van der Waals surface area contributed by atoms with Crippen molar-refractivity contribution in [2.45, 2.75) is 25.7 Å². The largest absolute Gasteiger partial charge is 0.495 e. The van der Waals surface area contributed by atoms with Gasteiger partial charge in [-0.3, -0.25) is 15.2 Å². The molecule has 1 fully saturated rings. The fourth-order valence-corrected chi connectivity index (χ4v) is 5.13. The van der Waals surface area contributed by atoms with E-state index in [1.807, 2.05) is 18.3 Å². The summed E-state index contributed by atoms with van der Waals surface area (Å²) >= 11 is 0. The maximum Gasteiger partial charge on any atom is 0.277 e. The van der Waals surface area contributed by atoms with Crippen molar-refractivity contribution < 1.29 is 19.3 Å². The van der Waals surface area contributed by atoms with Crippen LogP contribution in [-0.2, 0) is 11.2 Å². The number of nitrogens with zero attached hydrogens (tertiary/aromatic N) is 4. The minimum absolute atomic E-state index is 0.277. The van der Waals surface area contributed by atoms with Gasteiger partial charge in [-0.1, -0.05) is 0 Å². The highest BCUT2D eigenvalue weighted by Crippen LogP contribution is 2.24. The Kier molecular flexibility index (Phi) is 8.65. The van der Waals surface area contributed by atoms with Crippen molar-refractivity contribution in [2.75, 3.05) is 45.2 Å². The molecule has 0 atom stereocenters. The van der Waals surface area contributed by atoms with Crippen molar-refractivity contribution in [3.05, 3.63) is 72.5 Å². The number of nitrogens with one attached hydrogen (secondary N) is 2. The van der Waals surface area contributed by atoms with Crippen molar-refractivity contribution in [1.82, 2.24) is 24.8 Å². The number of halogens is 1. The van der Waals surface area contributed by atoms with Gasteiger partial charge in [-0.25, -0.2) is 9.37 Å². The van der Waals surface area contributed by atoms with Crippen LogP contribution in [-0.4, -0.2) is 71.0 Å². The van der Waals surface area contributed by atoms with E-state index < -0.39 is 0 Å². The summed E-state index contributed by atoms with van der Waals surface area (Å²) in [5.74, 6) is 0.382. The average molecular weight is 545 g/mol. The lowest BCUT2D eigenvalue weighted by molar-refractivity contribution is -0.118. The van der Waals surface area contributed by atoms with Gasteiger partial charge in [-0.05, 0) is 63.5 Å². The fourth-order valence-electron chi connectivity index (χ4n) is 5.13. The molecular weight excluding hydrogens is 509 g/mol. The van der Waals surface area contributed by atoms with Gasteiger partial charge in [-0.2, -0.15) is 4.57 Å². The molecule has 40 heavy (non-hydrogen) atoms. The number of carbonyl (C=O) groups excluding carboxylic acids is 1. The Bertz CT molecular complexity index is 1540. The number of aromatic nitrogens is 3. The van der Waals surface area contributed by atoms with E-state index in [0.29, 0.717) is 30.2 Å². The zero-order valence-corrected chi connectivity index (χ0v) is 22.7. The highest BCUT2D eigenvalue weighted by Gasteiger charge is 2.18. The van der Waals surface area contributed by atoms with Crippen molar-refractivity contribution >= 4 is 39.4 Å². The Hall–Kier alpha value is -4.31. The van der Waals surface area contributed by atoms with Crippen molar-refractivity contribution in [2.24, 2.45) is 0 Å². The van der Waals surface area contributed by atoms with Crippen LogP contribution in [0.3, 0.4) is 0 Å². The summed E-state index contributed by atoms with van der Waals surface area (Å²) in [6.07, 6.45) is 12.7. The van der Waals surface area contributed by atoms with Crippen LogP contribution in [0.5, 0.6) is 5.75 Å². The molecule has 0 radical (unpaired) electrons. The third-order valence-electron chi connectivity index (χ3n) is 7.18. The number of hydrogen-bond donors (Lipinski definition) is 3. The van der Waals surface area contributed by atoms with E-state index >= 15 is 0 Å². The molecule has 1 saturated heterocycles.